The molecule has 0 rings (SSSR count). The van der Waals surface area contributed by atoms with Crippen LogP contribution in [0.5, 0.6) is 0 Å². The second-order valence-electron chi connectivity index (χ2n) is 22.0. The highest BCUT2D eigenvalue weighted by Gasteiger charge is 2.19. The third-order valence-electron chi connectivity index (χ3n) is 14.6. The van der Waals surface area contributed by atoms with Gasteiger partial charge in [0.1, 0.15) is 13.2 Å². The van der Waals surface area contributed by atoms with Crippen molar-refractivity contribution in [3.05, 3.63) is 48.6 Å². The topological polar surface area (TPSA) is 78.9 Å². The number of carbonyl (C=O) groups excluding carboxylic acids is 3. The van der Waals surface area contributed by atoms with Crippen molar-refractivity contribution in [2.75, 3.05) is 13.2 Å². The summed E-state index contributed by atoms with van der Waals surface area (Å²) in [6.07, 6.45) is 78.4. The van der Waals surface area contributed by atoms with Crippen LogP contribution in [0.25, 0.3) is 0 Å². The Labute approximate surface area is 460 Å². The summed E-state index contributed by atoms with van der Waals surface area (Å²) in [5, 5.41) is 0. The molecule has 0 saturated heterocycles. The summed E-state index contributed by atoms with van der Waals surface area (Å²) in [6, 6.07) is 0. The largest absolute Gasteiger partial charge is 0.462 e. The van der Waals surface area contributed by atoms with E-state index in [0.717, 1.165) is 83.5 Å². The molecule has 0 spiro atoms. The van der Waals surface area contributed by atoms with Crippen molar-refractivity contribution in [2.45, 2.75) is 354 Å². The highest BCUT2D eigenvalue weighted by molar-refractivity contribution is 5.71. The van der Waals surface area contributed by atoms with Crippen LogP contribution in [0.2, 0.25) is 0 Å². The summed E-state index contributed by atoms with van der Waals surface area (Å²) in [6.45, 7) is 6.58. The van der Waals surface area contributed by atoms with Crippen molar-refractivity contribution < 1.29 is 28.6 Å². The van der Waals surface area contributed by atoms with E-state index in [1.54, 1.807) is 0 Å². The van der Waals surface area contributed by atoms with Crippen LogP contribution in [0.1, 0.15) is 348 Å². The second-order valence-corrected chi connectivity index (χ2v) is 22.0. The van der Waals surface area contributed by atoms with E-state index in [-0.39, 0.29) is 31.1 Å². The fraction of sp³-hybridized carbons (Fsp3) is 0.838. The molecule has 0 aliphatic carbocycles. The number of hydrogen-bond donors (Lipinski definition) is 0. The Kier molecular flexibility index (Phi) is 60.7. The van der Waals surface area contributed by atoms with Gasteiger partial charge in [-0.15, -0.1) is 0 Å². The summed E-state index contributed by atoms with van der Waals surface area (Å²) in [4.78, 5) is 38.3. The van der Waals surface area contributed by atoms with Gasteiger partial charge in [0.25, 0.3) is 0 Å². The minimum atomic E-state index is -0.770. The minimum absolute atomic E-state index is 0.0676. The molecule has 74 heavy (non-hydrogen) atoms. The van der Waals surface area contributed by atoms with Crippen LogP contribution in [0.3, 0.4) is 0 Å². The molecule has 1 atom stereocenters. The molecule has 6 nitrogen and oxygen atoms in total. The quantitative estimate of drug-likeness (QED) is 0.0261. The molecule has 0 aromatic heterocycles. The number of rotatable bonds is 60. The summed E-state index contributed by atoms with van der Waals surface area (Å²) >= 11 is 0. The highest BCUT2D eigenvalue weighted by Crippen LogP contribution is 2.18. The van der Waals surface area contributed by atoms with E-state index in [4.69, 9.17) is 14.2 Å². The number of hydrogen-bond acceptors (Lipinski definition) is 6. The Bertz CT molecular complexity index is 1280. The maximum absolute atomic E-state index is 12.9. The van der Waals surface area contributed by atoms with Crippen LogP contribution in [-0.4, -0.2) is 37.2 Å². The van der Waals surface area contributed by atoms with Crippen LogP contribution in [0.15, 0.2) is 48.6 Å². The molecule has 0 heterocycles. The number of esters is 3. The lowest BCUT2D eigenvalue weighted by Gasteiger charge is -2.18. The van der Waals surface area contributed by atoms with Gasteiger partial charge in [-0.3, -0.25) is 14.4 Å². The Hall–Kier alpha value is -2.63. The van der Waals surface area contributed by atoms with Crippen molar-refractivity contribution in [1.29, 1.82) is 0 Å². The van der Waals surface area contributed by atoms with Gasteiger partial charge in [-0.25, -0.2) is 0 Å². The molecule has 432 valence electrons. The summed E-state index contributed by atoms with van der Waals surface area (Å²) in [7, 11) is 0. The fourth-order valence-electron chi connectivity index (χ4n) is 9.73. The van der Waals surface area contributed by atoms with Crippen LogP contribution in [0, 0.1) is 0 Å². The molecule has 0 aliphatic rings. The molecule has 0 bridgehead atoms. The van der Waals surface area contributed by atoms with Crippen molar-refractivity contribution in [3.63, 3.8) is 0 Å². The van der Waals surface area contributed by atoms with Gasteiger partial charge in [0.15, 0.2) is 6.10 Å². The first-order valence-electron chi connectivity index (χ1n) is 32.6. The first-order chi connectivity index (χ1) is 36.5. The summed E-state index contributed by atoms with van der Waals surface area (Å²) in [5.74, 6) is -0.846. The van der Waals surface area contributed by atoms with E-state index in [0.29, 0.717) is 19.3 Å². The third kappa shape index (κ3) is 60.2. The van der Waals surface area contributed by atoms with Crippen LogP contribution >= 0.6 is 0 Å². The molecule has 0 aliphatic heterocycles. The maximum atomic E-state index is 12.9. The molecule has 0 saturated carbocycles. The van der Waals surface area contributed by atoms with Crippen molar-refractivity contribution in [3.8, 4) is 0 Å². The molecule has 0 fully saturated rings. The number of allylic oxidation sites excluding steroid dienone is 8. The molecule has 0 radical (unpaired) electrons. The van der Waals surface area contributed by atoms with Gasteiger partial charge in [0.2, 0.25) is 0 Å². The number of ether oxygens (including phenoxy) is 3. The minimum Gasteiger partial charge on any atom is -0.462 e. The van der Waals surface area contributed by atoms with Gasteiger partial charge in [-0.05, 0) is 57.8 Å². The lowest BCUT2D eigenvalue weighted by molar-refractivity contribution is -0.167. The molecule has 6 heteroatoms. The SMILES string of the molecule is CC/C=C\C/C=C\C/C=C\C/C=C\CCCCCCCCCCCCCCC(=O)OCC(COC(=O)CCCCCCCCCCCCC)OC(=O)CCCCCCCCCCCCCCCCCCCCCC. The van der Waals surface area contributed by atoms with Crippen LogP contribution in [0.4, 0.5) is 0 Å². The van der Waals surface area contributed by atoms with Crippen LogP contribution < -0.4 is 0 Å². The van der Waals surface area contributed by atoms with E-state index in [9.17, 15) is 14.4 Å². The van der Waals surface area contributed by atoms with Gasteiger partial charge in [-0.1, -0.05) is 320 Å². The van der Waals surface area contributed by atoms with E-state index in [2.05, 4.69) is 69.4 Å². The zero-order valence-electron chi connectivity index (χ0n) is 49.6. The van der Waals surface area contributed by atoms with E-state index >= 15 is 0 Å². The van der Waals surface area contributed by atoms with Gasteiger partial charge in [0.05, 0.1) is 0 Å². The lowest BCUT2D eigenvalue weighted by atomic mass is 10.0. The predicted octanol–water partition coefficient (Wildman–Crippen LogP) is 22.2. The Morgan fingerprint density at radius 3 is 0.824 bits per heavy atom. The monoisotopic (exact) mass is 1040 g/mol. The molecule has 0 aromatic rings. The molecular weight excluding hydrogens is 913 g/mol. The third-order valence-corrected chi connectivity index (χ3v) is 14.6. The van der Waals surface area contributed by atoms with Gasteiger partial charge < -0.3 is 14.2 Å². The van der Waals surface area contributed by atoms with Crippen molar-refractivity contribution in [1.82, 2.24) is 0 Å². The van der Waals surface area contributed by atoms with E-state index in [1.807, 2.05) is 0 Å². The van der Waals surface area contributed by atoms with Gasteiger partial charge in [-0.2, -0.15) is 0 Å². The average molecular weight is 1040 g/mol. The zero-order chi connectivity index (χ0) is 53.6. The Morgan fingerprint density at radius 2 is 0.527 bits per heavy atom. The fourth-order valence-corrected chi connectivity index (χ4v) is 9.73. The predicted molar refractivity (Wildman–Crippen MR) is 321 cm³/mol. The molecular formula is C68H124O6. The molecule has 0 amide bonds. The molecule has 0 N–H and O–H groups in total. The Balaban J connectivity index is 4.22. The van der Waals surface area contributed by atoms with Gasteiger partial charge in [0, 0.05) is 19.3 Å². The summed E-state index contributed by atoms with van der Waals surface area (Å²) < 4.78 is 16.9. The lowest BCUT2D eigenvalue weighted by Crippen LogP contribution is -2.30. The molecule has 0 aromatic carbocycles. The first kappa shape index (κ1) is 71.4. The molecule has 1 unspecified atom stereocenters. The number of unbranched alkanes of at least 4 members (excludes halogenated alkanes) is 41. The van der Waals surface area contributed by atoms with Gasteiger partial charge >= 0.3 is 17.9 Å². The second kappa shape index (κ2) is 62.9. The normalized spacial score (nSPS) is 12.3. The summed E-state index contributed by atoms with van der Waals surface area (Å²) in [5.41, 5.74) is 0. The maximum Gasteiger partial charge on any atom is 0.306 e. The number of carbonyl (C=O) groups is 3. The smallest absolute Gasteiger partial charge is 0.306 e. The van der Waals surface area contributed by atoms with Crippen molar-refractivity contribution >= 4 is 17.9 Å². The van der Waals surface area contributed by atoms with E-state index < -0.39 is 6.10 Å². The first-order valence-corrected chi connectivity index (χ1v) is 32.6. The highest BCUT2D eigenvalue weighted by atomic mass is 16.6. The van der Waals surface area contributed by atoms with Crippen molar-refractivity contribution in [2.24, 2.45) is 0 Å². The van der Waals surface area contributed by atoms with E-state index in [1.165, 1.54) is 225 Å². The average Bonchev–Trinajstić information content (AvgIpc) is 3.40. The Morgan fingerprint density at radius 1 is 0.284 bits per heavy atom. The zero-order valence-corrected chi connectivity index (χ0v) is 49.6. The van der Waals surface area contributed by atoms with Crippen LogP contribution in [-0.2, 0) is 28.6 Å². The standard InChI is InChI=1S/C68H124O6/c1-4-7-10-13-16-19-22-24-26-28-30-32-33-34-35-36-38-39-41-43-46-49-52-55-58-61-67(70)73-64-65(63-72-66(69)60-57-54-51-48-45-21-18-15-12-9-6-3)74-68(71)62-59-56-53-50-47-44-42-40-37-31-29-27-25-23-20-17-14-11-8-5-2/h7,10,16,19,24,26,30,32,65H,4-6,8-9,11-15,17-18,20-23,25,27-29,31,33-64H2,1-3H3/b10-7-,19-16-,26-24-,32-30-.